The smallest absolute Gasteiger partial charge is 0.133 e. The third-order valence-electron chi connectivity index (χ3n) is 3.94. The molecule has 6 heteroatoms. The topological polar surface area (TPSA) is 38.7 Å². The minimum atomic E-state index is 0.417. The highest BCUT2D eigenvalue weighted by atomic mass is 127. The van der Waals surface area contributed by atoms with E-state index in [9.17, 15) is 5.11 Å². The molecule has 2 rings (SSSR count). The highest BCUT2D eigenvalue weighted by Crippen LogP contribution is 2.26. The third kappa shape index (κ3) is 5.49. The Morgan fingerprint density at radius 1 is 1.14 bits per heavy atom. The van der Waals surface area contributed by atoms with E-state index in [1.54, 1.807) is 0 Å². The van der Waals surface area contributed by atoms with Crippen molar-refractivity contribution in [1.82, 2.24) is 15.1 Å². The van der Waals surface area contributed by atoms with E-state index in [1.807, 2.05) is 12.1 Å². The Hall–Kier alpha value is 0.360. The number of phenolic OH excluding ortho intramolecular Hbond substituents is 1. The molecule has 2 N–H and O–H groups in total. The lowest BCUT2D eigenvalue weighted by molar-refractivity contribution is 0.138. The number of phenols is 1. The maximum Gasteiger partial charge on any atom is 0.133 e. The molecule has 0 radical (unpaired) electrons. The number of likely N-dealkylation sites (N-methyl/N-ethyl adjacent to an activating group) is 1. The molecule has 1 saturated heterocycles. The van der Waals surface area contributed by atoms with Gasteiger partial charge in [-0.3, -0.25) is 4.90 Å². The Morgan fingerprint density at radius 2 is 1.81 bits per heavy atom. The second-order valence-electron chi connectivity index (χ2n) is 5.35. The SMILES string of the molecule is CCN1CCN(CCNCc2cc(I)cc(I)c2O)CC1. The van der Waals surface area contributed by atoms with Crippen molar-refractivity contribution in [2.45, 2.75) is 13.5 Å². The molecular weight excluding hydrogens is 492 g/mol. The summed E-state index contributed by atoms with van der Waals surface area (Å²) in [7, 11) is 0. The number of aromatic hydroxyl groups is 1. The normalized spacial score (nSPS) is 17.3. The van der Waals surface area contributed by atoms with E-state index in [1.165, 1.54) is 29.7 Å². The molecule has 0 aromatic heterocycles. The number of hydrogen-bond acceptors (Lipinski definition) is 4. The molecule has 0 atom stereocenters. The average Bonchev–Trinajstić information content (AvgIpc) is 2.49. The lowest BCUT2D eigenvalue weighted by Gasteiger charge is -2.34. The van der Waals surface area contributed by atoms with Crippen molar-refractivity contribution < 1.29 is 5.11 Å². The lowest BCUT2D eigenvalue weighted by atomic mass is 10.2. The van der Waals surface area contributed by atoms with Gasteiger partial charge in [0.15, 0.2) is 0 Å². The summed E-state index contributed by atoms with van der Waals surface area (Å²) in [5.41, 5.74) is 0.988. The van der Waals surface area contributed by atoms with Crippen LogP contribution in [0.25, 0.3) is 0 Å². The molecule has 1 heterocycles. The maximum atomic E-state index is 10.1. The minimum Gasteiger partial charge on any atom is -0.507 e. The minimum absolute atomic E-state index is 0.417. The van der Waals surface area contributed by atoms with E-state index in [-0.39, 0.29) is 0 Å². The highest BCUT2D eigenvalue weighted by molar-refractivity contribution is 14.1. The van der Waals surface area contributed by atoms with Crippen LogP contribution in [0, 0.1) is 7.14 Å². The molecule has 1 aliphatic heterocycles. The van der Waals surface area contributed by atoms with Crippen molar-refractivity contribution in [3.63, 3.8) is 0 Å². The molecule has 0 spiro atoms. The molecular formula is C15H23I2N3O. The van der Waals surface area contributed by atoms with Gasteiger partial charge in [-0.15, -0.1) is 0 Å². The standard InChI is InChI=1S/C15H23I2N3O/c1-2-19-5-7-20(8-6-19)4-3-18-11-12-9-13(16)10-14(17)15(12)21/h9-10,18,21H,2-8,11H2,1H3. The largest absolute Gasteiger partial charge is 0.507 e. The maximum absolute atomic E-state index is 10.1. The summed E-state index contributed by atoms with van der Waals surface area (Å²) < 4.78 is 2.09. The van der Waals surface area contributed by atoms with Gasteiger partial charge < -0.3 is 15.3 Å². The molecule has 0 aliphatic carbocycles. The summed E-state index contributed by atoms with van der Waals surface area (Å²) in [5.74, 6) is 0.417. The average molecular weight is 515 g/mol. The van der Waals surface area contributed by atoms with Crippen LogP contribution in [-0.4, -0.2) is 60.7 Å². The van der Waals surface area contributed by atoms with Crippen LogP contribution in [0.4, 0.5) is 0 Å². The first-order valence-electron chi connectivity index (χ1n) is 7.42. The van der Waals surface area contributed by atoms with Crippen LogP contribution < -0.4 is 5.32 Å². The van der Waals surface area contributed by atoms with E-state index >= 15 is 0 Å². The van der Waals surface area contributed by atoms with Gasteiger partial charge in [0.25, 0.3) is 0 Å². The van der Waals surface area contributed by atoms with Crippen molar-refractivity contribution >= 4 is 45.2 Å². The van der Waals surface area contributed by atoms with Gasteiger partial charge in [-0.2, -0.15) is 0 Å². The second kappa shape index (κ2) is 8.85. The number of hydrogen-bond donors (Lipinski definition) is 2. The van der Waals surface area contributed by atoms with Crippen LogP contribution in [0.15, 0.2) is 12.1 Å². The first-order valence-corrected chi connectivity index (χ1v) is 9.58. The van der Waals surface area contributed by atoms with Crippen molar-refractivity contribution in [3.8, 4) is 5.75 Å². The van der Waals surface area contributed by atoms with Crippen molar-refractivity contribution in [2.75, 3.05) is 45.8 Å². The molecule has 1 aliphatic rings. The van der Waals surface area contributed by atoms with E-state index in [2.05, 4.69) is 67.2 Å². The summed E-state index contributed by atoms with van der Waals surface area (Å²) in [5, 5.41) is 13.5. The molecule has 1 aromatic carbocycles. The summed E-state index contributed by atoms with van der Waals surface area (Å²) in [4.78, 5) is 5.01. The van der Waals surface area contributed by atoms with Gasteiger partial charge in [-0.1, -0.05) is 6.92 Å². The van der Waals surface area contributed by atoms with Gasteiger partial charge in [-0.25, -0.2) is 0 Å². The Bertz CT molecular complexity index is 462. The molecule has 118 valence electrons. The van der Waals surface area contributed by atoms with E-state index in [4.69, 9.17) is 0 Å². The van der Waals surface area contributed by atoms with Gasteiger partial charge in [0.1, 0.15) is 5.75 Å². The predicted molar refractivity (Wildman–Crippen MR) is 104 cm³/mol. The van der Waals surface area contributed by atoms with E-state index in [0.717, 1.165) is 35.3 Å². The quantitative estimate of drug-likeness (QED) is 0.451. The van der Waals surface area contributed by atoms with Crippen LogP contribution in [0.1, 0.15) is 12.5 Å². The Labute approximate surface area is 154 Å². The number of rotatable bonds is 6. The van der Waals surface area contributed by atoms with Crippen LogP contribution in [0.2, 0.25) is 0 Å². The summed E-state index contributed by atoms with van der Waals surface area (Å²) in [6, 6.07) is 4.04. The molecule has 0 amide bonds. The zero-order chi connectivity index (χ0) is 15.2. The number of piperazine rings is 1. The highest BCUT2D eigenvalue weighted by Gasteiger charge is 2.14. The van der Waals surface area contributed by atoms with Crippen molar-refractivity contribution in [2.24, 2.45) is 0 Å². The fourth-order valence-corrected chi connectivity index (χ4v) is 4.51. The summed E-state index contributed by atoms with van der Waals surface area (Å²) in [6.45, 7) is 10.9. The molecule has 1 fully saturated rings. The van der Waals surface area contributed by atoms with Gasteiger partial charge in [0.05, 0.1) is 3.57 Å². The van der Waals surface area contributed by atoms with Crippen molar-refractivity contribution in [3.05, 3.63) is 24.8 Å². The fraction of sp³-hybridized carbons (Fsp3) is 0.600. The number of halogens is 2. The molecule has 0 bridgehead atoms. The number of benzene rings is 1. The van der Waals surface area contributed by atoms with Crippen LogP contribution in [-0.2, 0) is 6.54 Å². The van der Waals surface area contributed by atoms with Crippen LogP contribution in [0.3, 0.4) is 0 Å². The number of nitrogens with one attached hydrogen (secondary N) is 1. The van der Waals surface area contributed by atoms with Gasteiger partial charge >= 0.3 is 0 Å². The zero-order valence-corrected chi connectivity index (χ0v) is 16.7. The molecule has 0 unspecified atom stereocenters. The first kappa shape index (κ1) is 17.7. The van der Waals surface area contributed by atoms with Gasteiger partial charge in [0.2, 0.25) is 0 Å². The molecule has 4 nitrogen and oxygen atoms in total. The molecule has 0 saturated carbocycles. The second-order valence-corrected chi connectivity index (χ2v) is 7.76. The number of nitrogens with zero attached hydrogens (tertiary/aromatic N) is 2. The first-order chi connectivity index (χ1) is 10.1. The molecule has 1 aromatic rings. The zero-order valence-electron chi connectivity index (χ0n) is 12.4. The Morgan fingerprint density at radius 3 is 2.48 bits per heavy atom. The fourth-order valence-electron chi connectivity index (χ4n) is 2.54. The predicted octanol–water partition coefficient (Wildman–Crippen LogP) is 2.33. The monoisotopic (exact) mass is 515 g/mol. The van der Waals surface area contributed by atoms with Gasteiger partial charge in [-0.05, 0) is 63.9 Å². The summed E-state index contributed by atoms with van der Waals surface area (Å²) in [6.07, 6.45) is 0. The van der Waals surface area contributed by atoms with E-state index < -0.39 is 0 Å². The Balaban J connectivity index is 1.71. The Kier molecular flexibility index (Phi) is 7.47. The van der Waals surface area contributed by atoms with Crippen molar-refractivity contribution in [1.29, 1.82) is 0 Å². The van der Waals surface area contributed by atoms with Crippen LogP contribution >= 0.6 is 45.2 Å². The third-order valence-corrected chi connectivity index (χ3v) is 5.38. The molecule has 21 heavy (non-hydrogen) atoms. The van der Waals surface area contributed by atoms with Crippen LogP contribution in [0.5, 0.6) is 5.75 Å². The van der Waals surface area contributed by atoms with Gasteiger partial charge in [0, 0.05) is 54.9 Å². The lowest BCUT2D eigenvalue weighted by Crippen LogP contribution is -2.47. The summed E-state index contributed by atoms with van der Waals surface area (Å²) >= 11 is 4.47. The van der Waals surface area contributed by atoms with E-state index in [0.29, 0.717) is 5.75 Å².